The Morgan fingerprint density at radius 1 is 1.38 bits per heavy atom. The third-order valence-electron chi connectivity index (χ3n) is 3.74. The fourth-order valence-electron chi connectivity index (χ4n) is 2.55. The van der Waals surface area contributed by atoms with E-state index in [1.54, 1.807) is 0 Å². The highest BCUT2D eigenvalue weighted by atomic mass is 79.9. The molecule has 0 heterocycles. The number of hydrogen-bond donors (Lipinski definition) is 1. The van der Waals surface area contributed by atoms with Gasteiger partial charge in [-0.1, -0.05) is 47.8 Å². The quantitative estimate of drug-likeness (QED) is 0.884. The Morgan fingerprint density at radius 3 is 2.62 bits per heavy atom. The maximum atomic E-state index is 5.70. The highest BCUT2D eigenvalue weighted by molar-refractivity contribution is 9.10. The van der Waals surface area contributed by atoms with Crippen LogP contribution in [0.3, 0.4) is 0 Å². The largest absolute Gasteiger partial charge is 0.330 e. The smallest absolute Gasteiger partial charge is 0.0212 e. The van der Waals surface area contributed by atoms with Gasteiger partial charge in [0.05, 0.1) is 0 Å². The average molecular weight is 282 g/mol. The van der Waals surface area contributed by atoms with E-state index in [1.165, 1.54) is 41.3 Å². The van der Waals surface area contributed by atoms with Gasteiger partial charge in [-0.05, 0) is 48.4 Å². The lowest BCUT2D eigenvalue weighted by atomic mass is 9.94. The Morgan fingerprint density at radius 2 is 2.06 bits per heavy atom. The van der Waals surface area contributed by atoms with Crippen molar-refractivity contribution >= 4 is 15.9 Å². The van der Waals surface area contributed by atoms with E-state index in [2.05, 4.69) is 41.1 Å². The number of hydrogen-bond acceptors (Lipinski definition) is 1. The van der Waals surface area contributed by atoms with Crippen LogP contribution in [0.1, 0.15) is 55.6 Å². The molecule has 0 saturated heterocycles. The first-order chi connectivity index (χ1) is 7.72. The molecule has 1 unspecified atom stereocenters. The Labute approximate surface area is 107 Å². The van der Waals surface area contributed by atoms with Crippen molar-refractivity contribution in [2.24, 2.45) is 5.73 Å². The molecule has 0 bridgehead atoms. The SMILES string of the molecule is CC(CN)c1ccc(C2CCCC2)c(Br)c1. The van der Waals surface area contributed by atoms with Gasteiger partial charge >= 0.3 is 0 Å². The van der Waals surface area contributed by atoms with Crippen molar-refractivity contribution < 1.29 is 0 Å². The Kier molecular flexibility index (Phi) is 4.04. The number of nitrogens with two attached hydrogens (primary N) is 1. The van der Waals surface area contributed by atoms with E-state index in [1.807, 2.05) is 0 Å². The Balaban J connectivity index is 2.22. The van der Waals surface area contributed by atoms with E-state index in [0.29, 0.717) is 5.92 Å². The van der Waals surface area contributed by atoms with Gasteiger partial charge in [0.15, 0.2) is 0 Å². The van der Waals surface area contributed by atoms with Crippen molar-refractivity contribution in [3.63, 3.8) is 0 Å². The summed E-state index contributed by atoms with van der Waals surface area (Å²) in [7, 11) is 0. The summed E-state index contributed by atoms with van der Waals surface area (Å²) in [6, 6.07) is 6.79. The molecule has 2 rings (SSSR count). The van der Waals surface area contributed by atoms with Crippen LogP contribution in [0.2, 0.25) is 0 Å². The van der Waals surface area contributed by atoms with Crippen LogP contribution in [-0.4, -0.2) is 6.54 Å². The van der Waals surface area contributed by atoms with Crippen LogP contribution in [0.25, 0.3) is 0 Å². The van der Waals surface area contributed by atoms with Gasteiger partial charge < -0.3 is 5.73 Å². The van der Waals surface area contributed by atoms with E-state index in [-0.39, 0.29) is 0 Å². The monoisotopic (exact) mass is 281 g/mol. The third-order valence-corrected chi connectivity index (χ3v) is 4.43. The molecular weight excluding hydrogens is 262 g/mol. The summed E-state index contributed by atoms with van der Waals surface area (Å²) in [5, 5.41) is 0. The van der Waals surface area contributed by atoms with Crippen molar-refractivity contribution in [3.8, 4) is 0 Å². The maximum absolute atomic E-state index is 5.70. The summed E-state index contributed by atoms with van der Waals surface area (Å²) < 4.78 is 1.28. The predicted octanol–water partition coefficient (Wildman–Crippen LogP) is 4.17. The summed E-state index contributed by atoms with van der Waals surface area (Å²) in [5.41, 5.74) is 8.53. The molecule has 1 aromatic carbocycles. The van der Waals surface area contributed by atoms with Gasteiger partial charge in [-0.15, -0.1) is 0 Å². The fraction of sp³-hybridized carbons (Fsp3) is 0.571. The first-order valence-electron chi connectivity index (χ1n) is 6.21. The molecule has 0 amide bonds. The van der Waals surface area contributed by atoms with Crippen LogP contribution in [0, 0.1) is 0 Å². The zero-order chi connectivity index (χ0) is 11.5. The Hall–Kier alpha value is -0.340. The molecule has 0 spiro atoms. The molecule has 16 heavy (non-hydrogen) atoms. The summed E-state index contributed by atoms with van der Waals surface area (Å²) in [6.45, 7) is 2.90. The van der Waals surface area contributed by atoms with Crippen molar-refractivity contribution in [2.75, 3.05) is 6.54 Å². The summed E-state index contributed by atoms with van der Waals surface area (Å²) >= 11 is 3.71. The highest BCUT2D eigenvalue weighted by Crippen LogP contribution is 2.38. The summed E-state index contributed by atoms with van der Waals surface area (Å²) in [5.74, 6) is 1.23. The molecule has 1 nitrogen and oxygen atoms in total. The first kappa shape index (κ1) is 12.1. The van der Waals surface area contributed by atoms with E-state index in [9.17, 15) is 0 Å². The normalized spacial score (nSPS) is 18.9. The van der Waals surface area contributed by atoms with Crippen molar-refractivity contribution in [3.05, 3.63) is 33.8 Å². The second-order valence-corrected chi connectivity index (χ2v) is 5.75. The number of benzene rings is 1. The number of rotatable bonds is 3. The molecular formula is C14H20BrN. The molecule has 1 atom stereocenters. The van der Waals surface area contributed by atoms with E-state index in [4.69, 9.17) is 5.73 Å². The summed E-state index contributed by atoms with van der Waals surface area (Å²) in [6.07, 6.45) is 5.48. The van der Waals surface area contributed by atoms with Gasteiger partial charge in [-0.3, -0.25) is 0 Å². The van der Waals surface area contributed by atoms with Gasteiger partial charge in [0.1, 0.15) is 0 Å². The molecule has 0 aliphatic heterocycles. The number of halogens is 1. The van der Waals surface area contributed by atoms with Crippen LogP contribution in [0.5, 0.6) is 0 Å². The minimum absolute atomic E-state index is 0.453. The lowest BCUT2D eigenvalue weighted by Crippen LogP contribution is -2.09. The van der Waals surface area contributed by atoms with Gasteiger partial charge in [0.25, 0.3) is 0 Å². The molecule has 1 saturated carbocycles. The van der Waals surface area contributed by atoms with Gasteiger partial charge in [-0.25, -0.2) is 0 Å². The second kappa shape index (κ2) is 5.33. The molecule has 88 valence electrons. The van der Waals surface area contributed by atoms with E-state index in [0.717, 1.165) is 12.5 Å². The van der Waals surface area contributed by atoms with Crippen molar-refractivity contribution in [1.29, 1.82) is 0 Å². The van der Waals surface area contributed by atoms with Crippen LogP contribution in [0.15, 0.2) is 22.7 Å². The molecule has 1 aliphatic rings. The molecule has 1 fully saturated rings. The topological polar surface area (TPSA) is 26.0 Å². The summed E-state index contributed by atoms with van der Waals surface area (Å²) in [4.78, 5) is 0. The highest BCUT2D eigenvalue weighted by Gasteiger charge is 2.19. The average Bonchev–Trinajstić information content (AvgIpc) is 2.81. The van der Waals surface area contributed by atoms with E-state index >= 15 is 0 Å². The molecule has 2 N–H and O–H groups in total. The minimum atomic E-state index is 0.453. The lowest BCUT2D eigenvalue weighted by molar-refractivity contribution is 0.715. The van der Waals surface area contributed by atoms with E-state index < -0.39 is 0 Å². The lowest BCUT2D eigenvalue weighted by Gasteiger charge is -2.15. The molecule has 1 aliphatic carbocycles. The van der Waals surface area contributed by atoms with Gasteiger partial charge in [-0.2, -0.15) is 0 Å². The zero-order valence-electron chi connectivity index (χ0n) is 9.88. The zero-order valence-corrected chi connectivity index (χ0v) is 11.5. The molecule has 0 aromatic heterocycles. The van der Waals surface area contributed by atoms with Crippen molar-refractivity contribution in [1.82, 2.24) is 0 Å². The molecule has 2 heteroatoms. The van der Waals surface area contributed by atoms with Crippen LogP contribution in [-0.2, 0) is 0 Å². The standard InChI is InChI=1S/C14H20BrN/c1-10(9-16)12-6-7-13(14(15)8-12)11-4-2-3-5-11/h6-8,10-11H,2-5,9,16H2,1H3. The Bertz CT molecular complexity index is 356. The predicted molar refractivity (Wildman–Crippen MR) is 72.8 cm³/mol. The third kappa shape index (κ3) is 2.49. The van der Waals surface area contributed by atoms with Crippen LogP contribution < -0.4 is 5.73 Å². The fourth-order valence-corrected chi connectivity index (χ4v) is 3.27. The van der Waals surface area contributed by atoms with Crippen LogP contribution >= 0.6 is 15.9 Å². The second-order valence-electron chi connectivity index (χ2n) is 4.90. The van der Waals surface area contributed by atoms with Crippen molar-refractivity contribution in [2.45, 2.75) is 44.4 Å². The minimum Gasteiger partial charge on any atom is -0.330 e. The molecule has 0 radical (unpaired) electrons. The molecule has 1 aromatic rings. The first-order valence-corrected chi connectivity index (χ1v) is 7.01. The van der Waals surface area contributed by atoms with Gasteiger partial charge in [0, 0.05) is 4.47 Å². The van der Waals surface area contributed by atoms with Gasteiger partial charge in [0.2, 0.25) is 0 Å². The maximum Gasteiger partial charge on any atom is 0.0212 e. The van der Waals surface area contributed by atoms with Crippen LogP contribution in [0.4, 0.5) is 0 Å².